The van der Waals surface area contributed by atoms with Crippen molar-refractivity contribution in [3.63, 3.8) is 0 Å². The molecule has 0 saturated carbocycles. The molecule has 0 rings (SSSR count). The summed E-state index contributed by atoms with van der Waals surface area (Å²) < 4.78 is 92.2. The smallest absolute Gasteiger partial charge is 0.236 e. The van der Waals surface area contributed by atoms with E-state index in [1.165, 1.54) is 0 Å². The van der Waals surface area contributed by atoms with Crippen LogP contribution in [0.1, 0.15) is 6.42 Å². The molecular formula is C5H3F8I. The molecule has 0 N–H and O–H groups in total. The normalized spacial score (nSPS) is 16.9. The average Bonchev–Trinajstić information content (AvgIpc) is 1.79. The van der Waals surface area contributed by atoms with E-state index >= 15 is 0 Å². The average molecular weight is 342 g/mol. The van der Waals surface area contributed by atoms with Crippen molar-refractivity contribution < 1.29 is 35.1 Å². The molecule has 0 amide bonds. The van der Waals surface area contributed by atoms with E-state index in [1.807, 2.05) is 0 Å². The van der Waals surface area contributed by atoms with Crippen molar-refractivity contribution in [1.29, 1.82) is 0 Å². The number of rotatable bonds is 2. The number of alkyl halides is 9. The predicted octanol–water partition coefficient (Wildman–Crippen LogP) is 3.94. The molecule has 0 spiro atoms. The van der Waals surface area contributed by atoms with Crippen molar-refractivity contribution >= 4 is 22.6 Å². The van der Waals surface area contributed by atoms with E-state index in [1.54, 1.807) is 0 Å². The highest BCUT2D eigenvalue weighted by atomic mass is 127. The molecule has 0 fully saturated rings. The van der Waals surface area contributed by atoms with Crippen molar-refractivity contribution in [3.05, 3.63) is 0 Å². The molecule has 0 radical (unpaired) electrons. The molecule has 0 saturated heterocycles. The molecule has 0 aliphatic rings. The minimum Gasteiger partial charge on any atom is -0.236 e. The highest BCUT2D eigenvalue weighted by molar-refractivity contribution is 14.1. The van der Waals surface area contributed by atoms with Crippen LogP contribution in [0.2, 0.25) is 0 Å². The number of halogens is 9. The maximum Gasteiger partial charge on any atom is 0.431 e. The van der Waals surface area contributed by atoms with Crippen molar-refractivity contribution in [1.82, 2.24) is 0 Å². The van der Waals surface area contributed by atoms with Crippen LogP contribution < -0.4 is 0 Å². The second-order valence-electron chi connectivity index (χ2n) is 2.39. The molecule has 9 heteroatoms. The number of hydrogen-bond donors (Lipinski definition) is 0. The molecule has 14 heavy (non-hydrogen) atoms. The standard InChI is InChI=1S/C5H3F8I/c6-2(14)1-3(7,4(8,9)10)5(11,12)13/h2H,1H2. The van der Waals surface area contributed by atoms with Gasteiger partial charge in [0.05, 0.1) is 0 Å². The van der Waals surface area contributed by atoms with Gasteiger partial charge in [-0.2, -0.15) is 26.3 Å². The summed E-state index contributed by atoms with van der Waals surface area (Å²) in [5, 5.41) is 0. The third-order valence-electron chi connectivity index (χ3n) is 1.33. The maximum absolute atomic E-state index is 12.6. The van der Waals surface area contributed by atoms with Gasteiger partial charge in [-0.15, -0.1) is 0 Å². The molecular weight excluding hydrogens is 339 g/mol. The van der Waals surface area contributed by atoms with Crippen LogP contribution in [-0.4, -0.2) is 22.2 Å². The third kappa shape index (κ3) is 2.83. The summed E-state index contributed by atoms with van der Waals surface area (Å²) in [4.78, 5) is 0. The summed E-state index contributed by atoms with van der Waals surface area (Å²) in [6.07, 6.45) is -14.6. The van der Waals surface area contributed by atoms with Gasteiger partial charge in [-0.25, -0.2) is 8.78 Å². The first-order valence-corrected chi connectivity index (χ1v) is 4.27. The Labute approximate surface area is 86.8 Å². The van der Waals surface area contributed by atoms with Crippen LogP contribution in [0.4, 0.5) is 35.1 Å². The van der Waals surface area contributed by atoms with E-state index < -0.39 is 28.6 Å². The zero-order valence-electron chi connectivity index (χ0n) is 6.19. The van der Waals surface area contributed by atoms with E-state index in [4.69, 9.17) is 0 Å². The van der Waals surface area contributed by atoms with Gasteiger partial charge in [-0.3, -0.25) is 0 Å². The Morgan fingerprint density at radius 3 is 1.21 bits per heavy atom. The minimum absolute atomic E-state index is 0.641. The summed E-state index contributed by atoms with van der Waals surface area (Å²) in [5.41, 5.74) is -5.49. The van der Waals surface area contributed by atoms with E-state index in [0.29, 0.717) is 22.6 Å². The first kappa shape index (κ1) is 14.2. The fraction of sp³-hybridized carbons (Fsp3) is 1.00. The Morgan fingerprint density at radius 1 is 0.857 bits per heavy atom. The van der Waals surface area contributed by atoms with Gasteiger partial charge in [0, 0.05) is 6.42 Å². The van der Waals surface area contributed by atoms with Crippen molar-refractivity contribution in [2.75, 3.05) is 0 Å². The molecule has 0 aromatic rings. The molecule has 0 nitrogen and oxygen atoms in total. The lowest BCUT2D eigenvalue weighted by Gasteiger charge is -2.29. The monoisotopic (exact) mass is 342 g/mol. The zero-order chi connectivity index (χ0) is 11.8. The van der Waals surface area contributed by atoms with Gasteiger partial charge in [0.1, 0.15) is 0 Å². The highest BCUT2D eigenvalue weighted by Crippen LogP contribution is 2.49. The molecule has 0 heterocycles. The van der Waals surface area contributed by atoms with Gasteiger partial charge in [0.15, 0.2) is 4.18 Å². The van der Waals surface area contributed by atoms with Gasteiger partial charge in [-0.1, -0.05) is 0 Å². The topological polar surface area (TPSA) is 0 Å². The molecule has 0 aromatic heterocycles. The van der Waals surface area contributed by atoms with Crippen LogP contribution in [0.5, 0.6) is 0 Å². The quantitative estimate of drug-likeness (QED) is 0.405. The zero-order valence-corrected chi connectivity index (χ0v) is 8.34. The van der Waals surface area contributed by atoms with Gasteiger partial charge in [-0.05, 0) is 22.6 Å². The second-order valence-corrected chi connectivity index (χ2v) is 3.74. The highest BCUT2D eigenvalue weighted by Gasteiger charge is 2.72. The SMILES string of the molecule is FC(I)CC(F)(C(F)(F)F)C(F)(F)F. The van der Waals surface area contributed by atoms with Crippen LogP contribution >= 0.6 is 22.6 Å². The predicted molar refractivity (Wildman–Crippen MR) is 39.5 cm³/mol. The molecule has 1 unspecified atom stereocenters. The molecule has 0 bridgehead atoms. The molecule has 0 aromatic carbocycles. The van der Waals surface area contributed by atoms with Crippen LogP contribution in [0.15, 0.2) is 0 Å². The second kappa shape index (κ2) is 3.97. The summed E-state index contributed by atoms with van der Waals surface area (Å²) >= 11 is 0.641. The lowest BCUT2D eigenvalue weighted by molar-refractivity contribution is -0.344. The van der Waals surface area contributed by atoms with Crippen molar-refractivity contribution in [3.8, 4) is 0 Å². The lowest BCUT2D eigenvalue weighted by atomic mass is 10.0. The Bertz CT molecular complexity index is 177. The van der Waals surface area contributed by atoms with Gasteiger partial charge >= 0.3 is 18.0 Å². The summed E-state index contributed by atoms with van der Waals surface area (Å²) in [6, 6.07) is 0. The Kier molecular flexibility index (Phi) is 4.02. The fourth-order valence-electron chi connectivity index (χ4n) is 0.605. The fourth-order valence-corrected chi connectivity index (χ4v) is 1.21. The van der Waals surface area contributed by atoms with Gasteiger partial charge in [0.25, 0.3) is 0 Å². The van der Waals surface area contributed by atoms with Crippen LogP contribution in [0.25, 0.3) is 0 Å². The van der Waals surface area contributed by atoms with E-state index in [9.17, 15) is 35.1 Å². The van der Waals surface area contributed by atoms with Gasteiger partial charge < -0.3 is 0 Å². The Morgan fingerprint density at radius 2 is 1.14 bits per heavy atom. The molecule has 0 aliphatic heterocycles. The van der Waals surface area contributed by atoms with E-state index in [-0.39, 0.29) is 0 Å². The first-order valence-electron chi connectivity index (χ1n) is 3.02. The summed E-state index contributed by atoms with van der Waals surface area (Å²) in [7, 11) is 0. The van der Waals surface area contributed by atoms with E-state index in [2.05, 4.69) is 0 Å². The van der Waals surface area contributed by atoms with Crippen LogP contribution in [0.3, 0.4) is 0 Å². The van der Waals surface area contributed by atoms with Crippen molar-refractivity contribution in [2.24, 2.45) is 0 Å². The number of hydrogen-bond acceptors (Lipinski definition) is 0. The van der Waals surface area contributed by atoms with E-state index in [0.717, 1.165) is 0 Å². The Balaban J connectivity index is 5.07. The third-order valence-corrected chi connectivity index (χ3v) is 1.77. The molecule has 1 atom stereocenters. The molecule has 0 aliphatic carbocycles. The van der Waals surface area contributed by atoms with Crippen molar-refractivity contribution in [2.45, 2.75) is 28.6 Å². The summed E-state index contributed by atoms with van der Waals surface area (Å²) in [6.45, 7) is 0. The molecule has 86 valence electrons. The Hall–Kier alpha value is 0.170. The van der Waals surface area contributed by atoms with Crippen LogP contribution in [0, 0.1) is 0 Å². The van der Waals surface area contributed by atoms with Gasteiger partial charge in [0.2, 0.25) is 0 Å². The maximum atomic E-state index is 12.6. The largest absolute Gasteiger partial charge is 0.431 e. The first-order chi connectivity index (χ1) is 5.92. The lowest BCUT2D eigenvalue weighted by Crippen LogP contribution is -2.54. The summed E-state index contributed by atoms with van der Waals surface area (Å²) in [5.74, 6) is 0. The minimum atomic E-state index is -6.17. The van der Waals surface area contributed by atoms with Crippen LogP contribution in [-0.2, 0) is 0 Å².